The molecule has 0 saturated heterocycles. The molecule has 0 saturated carbocycles. The Morgan fingerprint density at radius 2 is 1.96 bits per heavy atom. The van der Waals surface area contributed by atoms with Crippen molar-refractivity contribution < 1.29 is 13.9 Å². The molecule has 0 aliphatic heterocycles. The second kappa shape index (κ2) is 7.05. The van der Waals surface area contributed by atoms with Crippen LogP contribution in [0.4, 0.5) is 0 Å². The van der Waals surface area contributed by atoms with Gasteiger partial charge in [-0.1, -0.05) is 30.0 Å². The molecule has 2 aromatic carbocycles. The van der Waals surface area contributed by atoms with Gasteiger partial charge in [0.2, 0.25) is 5.89 Å². The topological polar surface area (TPSA) is 81.0 Å². The first-order valence-electron chi connectivity index (χ1n) is 7.94. The van der Waals surface area contributed by atoms with Gasteiger partial charge >= 0.3 is 0 Å². The van der Waals surface area contributed by atoms with Gasteiger partial charge in [0, 0.05) is 28.2 Å². The lowest BCUT2D eigenvalue weighted by Gasteiger charge is -1.99. The van der Waals surface area contributed by atoms with Crippen LogP contribution >= 0.6 is 11.8 Å². The minimum atomic E-state index is 0.0108. The summed E-state index contributed by atoms with van der Waals surface area (Å²) >= 11 is 1.23. The monoisotopic (exact) mass is 365 g/mol. The van der Waals surface area contributed by atoms with E-state index in [1.165, 1.54) is 11.8 Å². The van der Waals surface area contributed by atoms with Crippen molar-refractivity contribution in [2.75, 3.05) is 12.9 Å². The fraction of sp³-hybridized carbons (Fsp3) is 0.105. The van der Waals surface area contributed by atoms with Crippen LogP contribution in [0.2, 0.25) is 0 Å². The van der Waals surface area contributed by atoms with Crippen molar-refractivity contribution in [3.63, 3.8) is 0 Å². The maximum Gasteiger partial charge on any atom is 0.277 e. The molecule has 0 amide bonds. The van der Waals surface area contributed by atoms with Gasteiger partial charge in [-0.15, -0.1) is 10.2 Å². The highest BCUT2D eigenvalue weighted by Gasteiger charge is 2.15. The van der Waals surface area contributed by atoms with Crippen LogP contribution in [0.25, 0.3) is 22.4 Å². The maximum absolute atomic E-state index is 12.5. The number of aromatic nitrogens is 3. The fourth-order valence-electron chi connectivity index (χ4n) is 2.63. The minimum absolute atomic E-state index is 0.0108. The van der Waals surface area contributed by atoms with E-state index in [1.54, 1.807) is 13.3 Å². The van der Waals surface area contributed by atoms with Crippen LogP contribution < -0.4 is 4.74 Å². The molecule has 2 aromatic heterocycles. The first-order valence-corrected chi connectivity index (χ1v) is 8.93. The molecule has 0 fully saturated rings. The van der Waals surface area contributed by atoms with Gasteiger partial charge in [-0.05, 0) is 30.3 Å². The van der Waals surface area contributed by atoms with Crippen molar-refractivity contribution in [1.29, 1.82) is 0 Å². The van der Waals surface area contributed by atoms with Gasteiger partial charge in [0.05, 0.1) is 12.9 Å². The number of nitrogens with one attached hydrogen (secondary N) is 1. The Kier molecular flexibility index (Phi) is 4.45. The van der Waals surface area contributed by atoms with E-state index in [0.29, 0.717) is 16.7 Å². The predicted octanol–water partition coefficient (Wildman–Crippen LogP) is 4.20. The number of H-pyrrole nitrogens is 1. The second-order valence-corrected chi connectivity index (χ2v) is 6.49. The summed E-state index contributed by atoms with van der Waals surface area (Å²) in [4.78, 5) is 15.6. The van der Waals surface area contributed by atoms with Crippen molar-refractivity contribution in [2.24, 2.45) is 0 Å². The Hall–Kier alpha value is -3.06. The summed E-state index contributed by atoms with van der Waals surface area (Å²) in [6.07, 6.45) is 1.74. The van der Waals surface area contributed by atoms with Crippen LogP contribution in [0.5, 0.6) is 5.75 Å². The largest absolute Gasteiger partial charge is 0.497 e. The van der Waals surface area contributed by atoms with Crippen molar-refractivity contribution >= 4 is 28.4 Å². The molecule has 0 aliphatic carbocycles. The van der Waals surface area contributed by atoms with Crippen LogP contribution in [-0.2, 0) is 0 Å². The molecule has 1 N–H and O–H groups in total. The van der Waals surface area contributed by atoms with Crippen LogP contribution in [-0.4, -0.2) is 33.8 Å². The van der Waals surface area contributed by atoms with E-state index in [1.807, 2.05) is 48.5 Å². The number of hydrogen-bond acceptors (Lipinski definition) is 6. The molecular formula is C19H15N3O3S. The number of hydrogen-bond donors (Lipinski definition) is 1. The smallest absolute Gasteiger partial charge is 0.277 e. The number of ether oxygens (including phenoxy) is 1. The lowest BCUT2D eigenvalue weighted by atomic mass is 10.1. The number of carbonyl (C=O) groups is 1. The standard InChI is InChI=1S/C19H15N3O3S/c1-24-13-8-6-12(7-9-13)18-21-22-19(25-18)26-11-17(23)15-10-20-16-5-3-2-4-14(15)16/h2-10,20H,11H2,1H3. The Labute approximate surface area is 153 Å². The Balaban J connectivity index is 1.45. The first kappa shape index (κ1) is 16.4. The van der Waals surface area contributed by atoms with E-state index >= 15 is 0 Å². The molecule has 130 valence electrons. The molecule has 2 heterocycles. The Morgan fingerprint density at radius 1 is 1.15 bits per heavy atom. The highest BCUT2D eigenvalue weighted by Crippen LogP contribution is 2.26. The summed E-state index contributed by atoms with van der Waals surface area (Å²) in [6.45, 7) is 0. The van der Waals surface area contributed by atoms with Crippen LogP contribution in [0.15, 0.2) is 64.4 Å². The SMILES string of the molecule is COc1ccc(-c2nnc(SCC(=O)c3c[nH]c4ccccc34)o2)cc1. The zero-order valence-corrected chi connectivity index (χ0v) is 14.7. The number of nitrogens with zero attached hydrogens (tertiary/aromatic N) is 2. The van der Waals surface area contributed by atoms with Gasteiger partial charge in [0.1, 0.15) is 5.75 Å². The zero-order valence-electron chi connectivity index (χ0n) is 13.9. The Bertz CT molecular complexity index is 1050. The lowest BCUT2D eigenvalue weighted by molar-refractivity contribution is 0.102. The molecule has 4 rings (SSSR count). The molecule has 0 spiro atoms. The highest BCUT2D eigenvalue weighted by atomic mass is 32.2. The van der Waals surface area contributed by atoms with Gasteiger partial charge in [-0.3, -0.25) is 4.79 Å². The number of para-hydroxylation sites is 1. The Morgan fingerprint density at radius 3 is 2.77 bits per heavy atom. The number of Topliss-reactive ketones (excluding diaryl/α,β-unsaturated/α-hetero) is 1. The number of carbonyl (C=O) groups excluding carboxylic acids is 1. The summed E-state index contributed by atoms with van der Waals surface area (Å²) in [7, 11) is 1.61. The van der Waals surface area contributed by atoms with E-state index in [2.05, 4.69) is 15.2 Å². The van der Waals surface area contributed by atoms with Crippen molar-refractivity contribution in [1.82, 2.24) is 15.2 Å². The van der Waals surface area contributed by atoms with Crippen LogP contribution in [0.3, 0.4) is 0 Å². The summed E-state index contributed by atoms with van der Waals surface area (Å²) in [5.41, 5.74) is 2.41. The van der Waals surface area contributed by atoms with Gasteiger partial charge in [-0.25, -0.2) is 0 Å². The average molecular weight is 365 g/mol. The summed E-state index contributed by atoms with van der Waals surface area (Å²) in [5, 5.41) is 9.33. The third kappa shape index (κ3) is 3.21. The molecule has 0 unspecified atom stereocenters. The lowest BCUT2D eigenvalue weighted by Crippen LogP contribution is -2.01. The van der Waals surface area contributed by atoms with Gasteiger partial charge < -0.3 is 14.1 Å². The van der Waals surface area contributed by atoms with E-state index in [4.69, 9.17) is 9.15 Å². The van der Waals surface area contributed by atoms with E-state index in [0.717, 1.165) is 22.2 Å². The summed E-state index contributed by atoms with van der Waals surface area (Å²) in [5.74, 6) is 1.41. The number of methoxy groups -OCH3 is 1. The molecular weight excluding hydrogens is 350 g/mol. The summed E-state index contributed by atoms with van der Waals surface area (Å²) < 4.78 is 10.8. The molecule has 7 heteroatoms. The van der Waals surface area contributed by atoms with Gasteiger partial charge in [0.25, 0.3) is 5.22 Å². The number of fused-ring (bicyclic) bond motifs is 1. The zero-order chi connectivity index (χ0) is 17.9. The third-order valence-electron chi connectivity index (χ3n) is 3.96. The second-order valence-electron chi connectivity index (χ2n) is 5.56. The van der Waals surface area contributed by atoms with Gasteiger partial charge in [-0.2, -0.15) is 0 Å². The van der Waals surface area contributed by atoms with E-state index in [9.17, 15) is 4.79 Å². The van der Waals surface area contributed by atoms with Crippen LogP contribution in [0, 0.1) is 0 Å². The molecule has 0 radical (unpaired) electrons. The predicted molar refractivity (Wildman–Crippen MR) is 99.6 cm³/mol. The highest BCUT2D eigenvalue weighted by molar-refractivity contribution is 7.99. The average Bonchev–Trinajstić information content (AvgIpc) is 3.33. The minimum Gasteiger partial charge on any atom is -0.497 e. The quantitative estimate of drug-likeness (QED) is 0.407. The summed E-state index contributed by atoms with van der Waals surface area (Å²) in [6, 6.07) is 15.1. The van der Waals surface area contributed by atoms with Crippen LogP contribution in [0.1, 0.15) is 10.4 Å². The third-order valence-corrected chi connectivity index (χ3v) is 4.78. The molecule has 0 bridgehead atoms. The number of aromatic amines is 1. The number of thioether (sulfide) groups is 1. The van der Waals surface area contributed by atoms with E-state index in [-0.39, 0.29) is 11.5 Å². The van der Waals surface area contributed by atoms with Crippen molar-refractivity contribution in [2.45, 2.75) is 5.22 Å². The molecule has 26 heavy (non-hydrogen) atoms. The molecule has 4 aromatic rings. The van der Waals surface area contributed by atoms with Crippen molar-refractivity contribution in [3.05, 3.63) is 60.3 Å². The van der Waals surface area contributed by atoms with E-state index < -0.39 is 0 Å². The number of benzene rings is 2. The maximum atomic E-state index is 12.5. The molecule has 0 aliphatic rings. The first-order chi connectivity index (χ1) is 12.7. The normalized spacial score (nSPS) is 11.0. The number of ketones is 1. The van der Waals surface area contributed by atoms with Crippen molar-refractivity contribution in [3.8, 4) is 17.2 Å². The van der Waals surface area contributed by atoms with Gasteiger partial charge in [0.15, 0.2) is 5.78 Å². The molecule has 0 atom stereocenters. The molecule has 6 nitrogen and oxygen atoms in total. The fourth-order valence-corrected chi connectivity index (χ4v) is 3.27. The number of rotatable bonds is 6.